The Morgan fingerprint density at radius 3 is 2.46 bits per heavy atom. The van der Waals surface area contributed by atoms with E-state index in [0.717, 1.165) is 23.7 Å². The summed E-state index contributed by atoms with van der Waals surface area (Å²) in [5, 5.41) is 0.981. The zero-order valence-electron chi connectivity index (χ0n) is 7.50. The molecule has 0 N–H and O–H groups in total. The molecule has 0 amide bonds. The number of ketones is 1. The van der Waals surface area contributed by atoms with Crippen LogP contribution < -0.4 is 0 Å². The molecule has 1 nitrogen and oxygen atoms in total. The Labute approximate surface area is 87.3 Å². The Morgan fingerprint density at radius 2 is 1.85 bits per heavy atom. The Balaban J connectivity index is 2.40. The van der Waals surface area contributed by atoms with E-state index in [-0.39, 0.29) is 5.78 Å². The van der Waals surface area contributed by atoms with Crippen molar-refractivity contribution in [3.05, 3.63) is 35.9 Å². The third kappa shape index (κ3) is 3.73. The molecular formula is C11H13BrO. The number of Topliss-reactive ketones (excluding diaryl/α,β-unsaturated/α-hetero) is 1. The molecule has 70 valence electrons. The fourth-order valence-corrected chi connectivity index (χ4v) is 1.54. The molecule has 0 saturated carbocycles. The summed E-state index contributed by atoms with van der Waals surface area (Å²) in [5.41, 5.74) is 0.831. The van der Waals surface area contributed by atoms with Gasteiger partial charge in [-0.15, -0.1) is 0 Å². The highest BCUT2D eigenvalue weighted by atomic mass is 79.9. The van der Waals surface area contributed by atoms with Crippen molar-refractivity contribution in [2.75, 3.05) is 5.33 Å². The van der Waals surface area contributed by atoms with Gasteiger partial charge in [0, 0.05) is 17.3 Å². The van der Waals surface area contributed by atoms with Crippen LogP contribution in [0, 0.1) is 0 Å². The van der Waals surface area contributed by atoms with Crippen molar-refractivity contribution in [3.8, 4) is 0 Å². The first-order valence-electron chi connectivity index (χ1n) is 4.49. The molecule has 0 unspecified atom stereocenters. The molecule has 2 heteroatoms. The van der Waals surface area contributed by atoms with Crippen molar-refractivity contribution in [1.82, 2.24) is 0 Å². The minimum Gasteiger partial charge on any atom is -0.294 e. The van der Waals surface area contributed by atoms with Crippen LogP contribution in [0.1, 0.15) is 29.6 Å². The van der Waals surface area contributed by atoms with E-state index in [2.05, 4.69) is 15.9 Å². The van der Waals surface area contributed by atoms with Crippen LogP contribution in [-0.4, -0.2) is 11.1 Å². The van der Waals surface area contributed by atoms with E-state index >= 15 is 0 Å². The second-order valence-corrected chi connectivity index (χ2v) is 3.73. The van der Waals surface area contributed by atoms with Crippen LogP contribution in [-0.2, 0) is 0 Å². The van der Waals surface area contributed by atoms with Gasteiger partial charge in [-0.3, -0.25) is 4.79 Å². The minimum atomic E-state index is 0.251. The maximum Gasteiger partial charge on any atom is 0.162 e. The molecule has 0 fully saturated rings. The lowest BCUT2D eigenvalue weighted by molar-refractivity contribution is 0.0980. The van der Waals surface area contributed by atoms with Crippen LogP contribution in [0.5, 0.6) is 0 Å². The number of hydrogen-bond acceptors (Lipinski definition) is 1. The number of hydrogen-bond donors (Lipinski definition) is 0. The van der Waals surface area contributed by atoms with Crippen molar-refractivity contribution in [3.63, 3.8) is 0 Å². The fourth-order valence-electron chi connectivity index (χ4n) is 1.15. The molecule has 0 spiro atoms. The SMILES string of the molecule is O=C(CCCCBr)c1ccccc1. The van der Waals surface area contributed by atoms with Crippen LogP contribution in [0.4, 0.5) is 0 Å². The normalized spacial score (nSPS) is 9.92. The van der Waals surface area contributed by atoms with Crippen LogP contribution >= 0.6 is 15.9 Å². The van der Waals surface area contributed by atoms with Crippen molar-refractivity contribution < 1.29 is 4.79 Å². The number of carbonyl (C=O) groups excluding carboxylic acids is 1. The van der Waals surface area contributed by atoms with Crippen molar-refractivity contribution in [2.45, 2.75) is 19.3 Å². The molecule has 1 aromatic rings. The fraction of sp³-hybridized carbons (Fsp3) is 0.364. The summed E-state index contributed by atoms with van der Waals surface area (Å²) in [7, 11) is 0. The quantitative estimate of drug-likeness (QED) is 0.438. The molecule has 0 aliphatic rings. The number of rotatable bonds is 5. The smallest absolute Gasteiger partial charge is 0.162 e. The van der Waals surface area contributed by atoms with Gasteiger partial charge in [0.25, 0.3) is 0 Å². The van der Waals surface area contributed by atoms with Crippen molar-refractivity contribution in [2.24, 2.45) is 0 Å². The summed E-state index contributed by atoms with van der Waals surface area (Å²) >= 11 is 3.34. The molecule has 0 atom stereocenters. The number of unbranched alkanes of at least 4 members (excludes halogenated alkanes) is 1. The summed E-state index contributed by atoms with van der Waals surface area (Å²) in [4.78, 5) is 11.5. The molecule has 0 heterocycles. The molecule has 1 rings (SSSR count). The van der Waals surface area contributed by atoms with Crippen molar-refractivity contribution in [1.29, 1.82) is 0 Å². The topological polar surface area (TPSA) is 17.1 Å². The second-order valence-electron chi connectivity index (χ2n) is 2.94. The molecule has 13 heavy (non-hydrogen) atoms. The highest BCUT2D eigenvalue weighted by Gasteiger charge is 2.03. The highest BCUT2D eigenvalue weighted by Crippen LogP contribution is 2.07. The molecule has 0 aliphatic carbocycles. The van der Waals surface area contributed by atoms with Gasteiger partial charge in [0.2, 0.25) is 0 Å². The van der Waals surface area contributed by atoms with E-state index in [1.807, 2.05) is 30.3 Å². The summed E-state index contributed by atoms with van der Waals surface area (Å²) in [6.45, 7) is 0. The summed E-state index contributed by atoms with van der Waals surface area (Å²) < 4.78 is 0. The predicted octanol–water partition coefficient (Wildman–Crippen LogP) is 3.43. The summed E-state index contributed by atoms with van der Waals surface area (Å²) in [5.74, 6) is 0.251. The van der Waals surface area contributed by atoms with Crippen LogP contribution in [0.15, 0.2) is 30.3 Å². The molecule has 0 aromatic heterocycles. The van der Waals surface area contributed by atoms with E-state index in [9.17, 15) is 4.79 Å². The van der Waals surface area contributed by atoms with Crippen LogP contribution in [0.2, 0.25) is 0 Å². The lowest BCUT2D eigenvalue weighted by Gasteiger charge is -1.98. The Morgan fingerprint density at radius 1 is 1.15 bits per heavy atom. The standard InChI is InChI=1S/C11H13BrO/c12-9-5-4-8-11(13)10-6-2-1-3-7-10/h1-3,6-7H,4-5,8-9H2. The number of benzene rings is 1. The average molecular weight is 241 g/mol. The monoisotopic (exact) mass is 240 g/mol. The highest BCUT2D eigenvalue weighted by molar-refractivity contribution is 9.09. The van der Waals surface area contributed by atoms with E-state index < -0.39 is 0 Å². The molecule has 0 aliphatic heterocycles. The van der Waals surface area contributed by atoms with Gasteiger partial charge in [-0.25, -0.2) is 0 Å². The lowest BCUT2D eigenvalue weighted by Crippen LogP contribution is -1.98. The molecule has 0 saturated heterocycles. The first kappa shape index (κ1) is 10.5. The van der Waals surface area contributed by atoms with Gasteiger partial charge in [-0.05, 0) is 12.8 Å². The second kappa shape index (κ2) is 5.92. The molecule has 0 bridgehead atoms. The van der Waals surface area contributed by atoms with E-state index in [1.54, 1.807) is 0 Å². The first-order chi connectivity index (χ1) is 6.34. The van der Waals surface area contributed by atoms with Crippen molar-refractivity contribution >= 4 is 21.7 Å². The predicted molar refractivity (Wildman–Crippen MR) is 58.4 cm³/mol. The number of carbonyl (C=O) groups is 1. The van der Waals surface area contributed by atoms with Gasteiger partial charge < -0.3 is 0 Å². The zero-order chi connectivity index (χ0) is 9.52. The largest absolute Gasteiger partial charge is 0.294 e. The van der Waals surface area contributed by atoms with Gasteiger partial charge in [-0.1, -0.05) is 46.3 Å². The molecule has 1 aromatic carbocycles. The van der Waals surface area contributed by atoms with Gasteiger partial charge in [0.1, 0.15) is 0 Å². The van der Waals surface area contributed by atoms with Crippen LogP contribution in [0.25, 0.3) is 0 Å². The minimum absolute atomic E-state index is 0.251. The maximum atomic E-state index is 11.5. The van der Waals surface area contributed by atoms with Gasteiger partial charge in [0.05, 0.1) is 0 Å². The Kier molecular flexibility index (Phi) is 4.76. The first-order valence-corrected chi connectivity index (χ1v) is 5.61. The lowest BCUT2D eigenvalue weighted by atomic mass is 10.1. The van der Waals surface area contributed by atoms with E-state index in [1.165, 1.54) is 0 Å². The van der Waals surface area contributed by atoms with Crippen LogP contribution in [0.3, 0.4) is 0 Å². The third-order valence-electron chi connectivity index (χ3n) is 1.88. The summed E-state index contributed by atoms with van der Waals surface area (Å²) in [6, 6.07) is 9.47. The summed E-state index contributed by atoms with van der Waals surface area (Å²) in [6.07, 6.45) is 2.70. The van der Waals surface area contributed by atoms with Gasteiger partial charge >= 0.3 is 0 Å². The number of halogens is 1. The Bertz CT molecular complexity index is 256. The van der Waals surface area contributed by atoms with Gasteiger partial charge in [0.15, 0.2) is 5.78 Å². The maximum absolute atomic E-state index is 11.5. The average Bonchev–Trinajstić information content (AvgIpc) is 2.19. The van der Waals surface area contributed by atoms with E-state index in [4.69, 9.17) is 0 Å². The Hall–Kier alpha value is -0.630. The number of alkyl halides is 1. The molecular weight excluding hydrogens is 228 g/mol. The third-order valence-corrected chi connectivity index (χ3v) is 2.44. The molecule has 0 radical (unpaired) electrons. The van der Waals surface area contributed by atoms with Gasteiger partial charge in [-0.2, -0.15) is 0 Å². The van der Waals surface area contributed by atoms with E-state index in [0.29, 0.717) is 6.42 Å². The zero-order valence-corrected chi connectivity index (χ0v) is 9.09.